The molecule has 0 bridgehead atoms. The van der Waals surface area contributed by atoms with Gasteiger partial charge in [-0.25, -0.2) is 0 Å². The van der Waals surface area contributed by atoms with Crippen LogP contribution in [0.15, 0.2) is 29.6 Å². The molecule has 15 heavy (non-hydrogen) atoms. The van der Waals surface area contributed by atoms with E-state index >= 15 is 0 Å². The molecule has 0 amide bonds. The molecule has 0 unspecified atom stereocenters. The van der Waals surface area contributed by atoms with Gasteiger partial charge >= 0.3 is 0 Å². The minimum Gasteiger partial charge on any atom is -0.355 e. The molecule has 2 aromatic rings. The lowest BCUT2D eigenvalue weighted by molar-refractivity contribution is 1.46. The van der Waals surface area contributed by atoms with E-state index in [1.165, 1.54) is 0 Å². The number of aryl methyl sites for hydroxylation is 1. The van der Waals surface area contributed by atoms with Crippen LogP contribution in [-0.4, -0.2) is 0 Å². The zero-order chi connectivity index (χ0) is 10.7. The minimum absolute atomic E-state index is 0.675. The average molecular weight is 213 g/mol. The van der Waals surface area contributed by atoms with Gasteiger partial charge in [0.05, 0.1) is 17.3 Å². The SMILES string of the molecule is Cc1[c]scc1Nc1ccc(C#N)cc1. The number of anilines is 2. The fourth-order valence-corrected chi connectivity index (χ4v) is 1.93. The van der Waals surface area contributed by atoms with E-state index in [1.54, 1.807) is 23.5 Å². The molecule has 2 nitrogen and oxygen atoms in total. The number of rotatable bonds is 2. The maximum Gasteiger partial charge on any atom is 0.0991 e. The van der Waals surface area contributed by atoms with Gasteiger partial charge in [-0.2, -0.15) is 5.26 Å². The van der Waals surface area contributed by atoms with Crippen LogP contribution in [0, 0.1) is 23.6 Å². The van der Waals surface area contributed by atoms with Gasteiger partial charge in [0.1, 0.15) is 0 Å². The molecule has 1 heterocycles. The van der Waals surface area contributed by atoms with Gasteiger partial charge in [-0.1, -0.05) is 0 Å². The Hall–Kier alpha value is -1.79. The predicted molar refractivity (Wildman–Crippen MR) is 62.3 cm³/mol. The highest BCUT2D eigenvalue weighted by Crippen LogP contribution is 2.23. The van der Waals surface area contributed by atoms with Crippen molar-refractivity contribution in [2.75, 3.05) is 5.32 Å². The highest BCUT2D eigenvalue weighted by molar-refractivity contribution is 7.08. The first kappa shape index (κ1) is 9.75. The first-order valence-corrected chi connectivity index (χ1v) is 5.40. The Kier molecular flexibility index (Phi) is 2.70. The lowest BCUT2D eigenvalue weighted by atomic mass is 10.2. The van der Waals surface area contributed by atoms with Crippen molar-refractivity contribution in [1.29, 1.82) is 5.26 Å². The van der Waals surface area contributed by atoms with E-state index in [0.29, 0.717) is 5.56 Å². The zero-order valence-electron chi connectivity index (χ0n) is 8.24. The fraction of sp³-hybridized carbons (Fsp3) is 0.0833. The number of hydrogen-bond donors (Lipinski definition) is 1. The second-order valence-electron chi connectivity index (χ2n) is 3.19. The smallest absolute Gasteiger partial charge is 0.0991 e. The summed E-state index contributed by atoms with van der Waals surface area (Å²) < 4.78 is 0. The van der Waals surface area contributed by atoms with Crippen LogP contribution < -0.4 is 5.32 Å². The largest absolute Gasteiger partial charge is 0.355 e. The second kappa shape index (κ2) is 4.16. The van der Waals surface area contributed by atoms with Crippen LogP contribution in [0.4, 0.5) is 11.4 Å². The summed E-state index contributed by atoms with van der Waals surface area (Å²) in [7, 11) is 0. The van der Waals surface area contributed by atoms with Gasteiger partial charge in [0.2, 0.25) is 0 Å². The molecule has 73 valence electrons. The first-order valence-electron chi connectivity index (χ1n) is 4.52. The van der Waals surface area contributed by atoms with Crippen molar-refractivity contribution in [2.24, 2.45) is 0 Å². The van der Waals surface area contributed by atoms with E-state index < -0.39 is 0 Å². The maximum absolute atomic E-state index is 8.66. The summed E-state index contributed by atoms with van der Waals surface area (Å²) in [5.74, 6) is 0. The summed E-state index contributed by atoms with van der Waals surface area (Å²) in [5.41, 5.74) is 3.85. The third-order valence-electron chi connectivity index (χ3n) is 2.09. The van der Waals surface area contributed by atoms with Gasteiger partial charge < -0.3 is 5.32 Å². The molecular formula is C12H9N2S. The highest BCUT2D eigenvalue weighted by atomic mass is 32.1. The van der Waals surface area contributed by atoms with Crippen LogP contribution in [0.3, 0.4) is 0 Å². The predicted octanol–water partition coefficient (Wildman–Crippen LogP) is 3.47. The van der Waals surface area contributed by atoms with E-state index in [-0.39, 0.29) is 0 Å². The molecule has 0 saturated carbocycles. The van der Waals surface area contributed by atoms with E-state index in [4.69, 9.17) is 5.26 Å². The Labute approximate surface area is 92.8 Å². The van der Waals surface area contributed by atoms with Crippen molar-refractivity contribution in [3.63, 3.8) is 0 Å². The lowest BCUT2D eigenvalue weighted by Crippen LogP contribution is -1.89. The van der Waals surface area contributed by atoms with E-state index in [9.17, 15) is 0 Å². The van der Waals surface area contributed by atoms with Crippen molar-refractivity contribution >= 4 is 22.7 Å². The van der Waals surface area contributed by atoms with Gasteiger partial charge in [0, 0.05) is 16.4 Å². The molecule has 0 aliphatic rings. The average Bonchev–Trinajstić information content (AvgIpc) is 2.66. The van der Waals surface area contributed by atoms with Crippen molar-refractivity contribution in [3.8, 4) is 6.07 Å². The van der Waals surface area contributed by atoms with Crippen molar-refractivity contribution in [1.82, 2.24) is 0 Å². The summed E-state index contributed by atoms with van der Waals surface area (Å²) >= 11 is 1.55. The normalized spacial score (nSPS) is 9.60. The number of nitrogens with zero attached hydrogens (tertiary/aromatic N) is 1. The van der Waals surface area contributed by atoms with E-state index in [2.05, 4.69) is 16.8 Å². The van der Waals surface area contributed by atoms with E-state index in [1.807, 2.05) is 24.4 Å². The highest BCUT2D eigenvalue weighted by Gasteiger charge is 1.99. The third-order valence-corrected chi connectivity index (χ3v) is 2.86. The third kappa shape index (κ3) is 2.17. The molecule has 1 aromatic heterocycles. The molecule has 0 saturated heterocycles. The van der Waals surface area contributed by atoms with Crippen LogP contribution in [0.2, 0.25) is 0 Å². The molecule has 0 atom stereocenters. The molecule has 0 aliphatic heterocycles. The fourth-order valence-electron chi connectivity index (χ4n) is 1.23. The Balaban J connectivity index is 2.19. The van der Waals surface area contributed by atoms with Crippen LogP contribution >= 0.6 is 11.3 Å². The van der Waals surface area contributed by atoms with Crippen molar-refractivity contribution in [2.45, 2.75) is 6.92 Å². The molecule has 0 aliphatic carbocycles. The van der Waals surface area contributed by atoms with Gasteiger partial charge in [-0.05, 0) is 36.8 Å². The summed E-state index contributed by atoms with van der Waals surface area (Å²) in [6.45, 7) is 2.02. The summed E-state index contributed by atoms with van der Waals surface area (Å²) in [6.07, 6.45) is 0. The first-order chi connectivity index (χ1) is 7.29. The number of benzene rings is 1. The Morgan fingerprint density at radius 3 is 2.60 bits per heavy atom. The van der Waals surface area contributed by atoms with Crippen molar-refractivity contribution < 1.29 is 0 Å². The molecule has 1 aromatic carbocycles. The Bertz CT molecular complexity index is 491. The standard InChI is InChI=1S/C12H9N2S/c1-9-7-15-8-12(9)14-11-4-2-10(6-13)3-5-11/h2-5,8,14H,1H3. The number of nitrogens with one attached hydrogen (secondary N) is 1. The quantitative estimate of drug-likeness (QED) is 0.829. The summed E-state index contributed by atoms with van der Waals surface area (Å²) in [5, 5.41) is 17.1. The van der Waals surface area contributed by atoms with Gasteiger partial charge in [0.15, 0.2) is 0 Å². The molecular weight excluding hydrogens is 204 g/mol. The monoisotopic (exact) mass is 213 g/mol. The maximum atomic E-state index is 8.66. The van der Waals surface area contributed by atoms with Crippen LogP contribution in [0.1, 0.15) is 11.1 Å². The van der Waals surface area contributed by atoms with Gasteiger partial charge in [0.25, 0.3) is 0 Å². The zero-order valence-corrected chi connectivity index (χ0v) is 9.06. The number of thiophene rings is 1. The van der Waals surface area contributed by atoms with Gasteiger partial charge in [-0.15, -0.1) is 11.3 Å². The second-order valence-corrected chi connectivity index (χ2v) is 3.87. The van der Waals surface area contributed by atoms with Crippen molar-refractivity contribution in [3.05, 3.63) is 46.2 Å². The molecule has 2 rings (SSSR count). The molecule has 0 fully saturated rings. The molecule has 0 spiro atoms. The number of hydrogen-bond acceptors (Lipinski definition) is 3. The van der Waals surface area contributed by atoms with Crippen LogP contribution in [0.5, 0.6) is 0 Å². The Morgan fingerprint density at radius 2 is 2.07 bits per heavy atom. The Morgan fingerprint density at radius 1 is 1.33 bits per heavy atom. The summed E-state index contributed by atoms with van der Waals surface area (Å²) in [6, 6.07) is 9.49. The topological polar surface area (TPSA) is 35.8 Å². The number of nitriles is 1. The molecule has 3 heteroatoms. The summed E-state index contributed by atoms with van der Waals surface area (Å²) in [4.78, 5) is 0. The minimum atomic E-state index is 0.675. The van der Waals surface area contributed by atoms with Crippen LogP contribution in [0.25, 0.3) is 0 Å². The van der Waals surface area contributed by atoms with Gasteiger partial charge in [-0.3, -0.25) is 0 Å². The molecule has 1 radical (unpaired) electrons. The van der Waals surface area contributed by atoms with E-state index in [0.717, 1.165) is 16.9 Å². The lowest BCUT2D eigenvalue weighted by Gasteiger charge is -2.04. The molecule has 1 N–H and O–H groups in total. The van der Waals surface area contributed by atoms with Crippen LogP contribution in [-0.2, 0) is 0 Å².